The second-order valence-corrected chi connectivity index (χ2v) is 9.40. The van der Waals surface area contributed by atoms with E-state index >= 15 is 0 Å². The maximum absolute atomic E-state index is 13.1. The highest BCUT2D eigenvalue weighted by molar-refractivity contribution is 5.93. The van der Waals surface area contributed by atoms with Crippen LogP contribution in [0.1, 0.15) is 38.8 Å². The molecule has 0 radical (unpaired) electrons. The minimum Gasteiger partial charge on any atom is -0.496 e. The summed E-state index contributed by atoms with van der Waals surface area (Å²) in [7, 11) is 3.67. The zero-order valence-electron chi connectivity index (χ0n) is 22.6. The summed E-state index contributed by atoms with van der Waals surface area (Å²) in [5.74, 6) is 1.27. The molecule has 1 aromatic rings. The average Bonchev–Trinajstić information content (AvgIpc) is 2.82. The Labute approximate surface area is 212 Å². The Morgan fingerprint density at radius 2 is 1.80 bits per heavy atom. The van der Waals surface area contributed by atoms with Crippen molar-refractivity contribution in [2.24, 2.45) is 10.9 Å². The van der Waals surface area contributed by atoms with Crippen molar-refractivity contribution >= 4 is 17.2 Å². The summed E-state index contributed by atoms with van der Waals surface area (Å²) in [6.07, 6.45) is 5.71. The molecule has 0 aromatic heterocycles. The van der Waals surface area contributed by atoms with E-state index < -0.39 is 0 Å². The maximum Gasteiger partial charge on any atom is 0.242 e. The maximum atomic E-state index is 13.1. The summed E-state index contributed by atoms with van der Waals surface area (Å²) in [6, 6.07) is 6.08. The van der Waals surface area contributed by atoms with E-state index in [-0.39, 0.29) is 11.8 Å². The molecule has 0 N–H and O–H groups in total. The fourth-order valence-corrected chi connectivity index (χ4v) is 4.34. The van der Waals surface area contributed by atoms with Gasteiger partial charge in [-0.25, -0.2) is 0 Å². The molecule has 1 heterocycles. The molecule has 0 aliphatic carbocycles. The number of nitrogens with zero attached hydrogens (tertiary/aromatic N) is 4. The van der Waals surface area contributed by atoms with Crippen LogP contribution in [-0.2, 0) is 4.79 Å². The van der Waals surface area contributed by atoms with Gasteiger partial charge in [0.2, 0.25) is 5.91 Å². The van der Waals surface area contributed by atoms with Crippen LogP contribution in [0, 0.1) is 12.8 Å². The largest absolute Gasteiger partial charge is 0.496 e. The van der Waals surface area contributed by atoms with Crippen LogP contribution < -0.4 is 4.74 Å². The molecule has 0 unspecified atom stereocenters. The number of allylic oxidation sites excluding steroid dienone is 5. The highest BCUT2D eigenvalue weighted by Gasteiger charge is 2.23. The summed E-state index contributed by atoms with van der Waals surface area (Å²) in [4.78, 5) is 23.6. The van der Waals surface area contributed by atoms with Gasteiger partial charge in [-0.3, -0.25) is 9.79 Å². The number of methoxy groups -OCH3 is 1. The van der Waals surface area contributed by atoms with Gasteiger partial charge in [0.05, 0.1) is 13.7 Å². The topological polar surface area (TPSA) is 48.4 Å². The molecule has 0 bridgehead atoms. The minimum absolute atomic E-state index is 0.149. The number of ether oxygens (including phenoxy) is 1. The lowest BCUT2D eigenvalue weighted by atomic mass is 10.00. The fraction of sp³-hybridized carbons (Fsp3) is 0.448. The Balaban J connectivity index is 2.03. The Kier molecular flexibility index (Phi) is 10.4. The molecule has 1 aromatic carbocycles. The van der Waals surface area contributed by atoms with Crippen molar-refractivity contribution in [3.8, 4) is 5.75 Å². The number of rotatable bonds is 10. The molecule has 6 nitrogen and oxygen atoms in total. The Morgan fingerprint density at radius 3 is 2.34 bits per heavy atom. The standard InChI is InChI=1S/C29H42N4O2/c1-10-30-24(6)19-25(7)32-13-15-33(16-14-32)29(34)20-31(8)27(21(2)3)18-22(4)26-11-12-28(35-9)23(5)17-26/h10-12,17-19,21H,1,4,13-16,20H2,2-3,5-9H3/b25-19+,27-18-,30-24?. The molecule has 1 aliphatic rings. The molecule has 0 saturated carbocycles. The number of hydrogen-bond donors (Lipinski definition) is 0. The van der Waals surface area contributed by atoms with Crippen molar-refractivity contribution in [3.05, 3.63) is 72.2 Å². The van der Waals surface area contributed by atoms with Crippen LogP contribution >= 0.6 is 0 Å². The predicted octanol–water partition coefficient (Wildman–Crippen LogP) is 5.14. The number of carbonyl (C=O) groups is 1. The van der Waals surface area contributed by atoms with Gasteiger partial charge in [0.25, 0.3) is 0 Å². The highest BCUT2D eigenvalue weighted by Crippen LogP contribution is 2.26. The van der Waals surface area contributed by atoms with Gasteiger partial charge < -0.3 is 19.4 Å². The van der Waals surface area contributed by atoms with Crippen molar-refractivity contribution in [2.45, 2.75) is 34.6 Å². The zero-order valence-corrected chi connectivity index (χ0v) is 22.6. The van der Waals surface area contributed by atoms with Crippen LogP contribution in [0.5, 0.6) is 5.75 Å². The molecule has 190 valence electrons. The van der Waals surface area contributed by atoms with Gasteiger partial charge in [-0.2, -0.15) is 0 Å². The number of aliphatic imine (C=N–C) groups is 1. The van der Waals surface area contributed by atoms with Gasteiger partial charge in [-0.15, -0.1) is 0 Å². The van der Waals surface area contributed by atoms with E-state index in [1.807, 2.05) is 37.9 Å². The van der Waals surface area contributed by atoms with E-state index in [1.54, 1.807) is 13.3 Å². The summed E-state index contributed by atoms with van der Waals surface area (Å²) >= 11 is 0. The van der Waals surface area contributed by atoms with Gasteiger partial charge >= 0.3 is 0 Å². The predicted molar refractivity (Wildman–Crippen MR) is 148 cm³/mol. The minimum atomic E-state index is 0.149. The molecular formula is C29H42N4O2. The van der Waals surface area contributed by atoms with E-state index in [1.165, 1.54) is 0 Å². The third-order valence-electron chi connectivity index (χ3n) is 6.34. The summed E-state index contributed by atoms with van der Waals surface area (Å²) in [6.45, 7) is 21.7. The van der Waals surface area contributed by atoms with E-state index in [2.05, 4.69) is 66.9 Å². The summed E-state index contributed by atoms with van der Waals surface area (Å²) in [5.41, 5.74) is 6.22. The van der Waals surface area contributed by atoms with Crippen molar-refractivity contribution in [1.29, 1.82) is 0 Å². The molecule has 6 heteroatoms. The van der Waals surface area contributed by atoms with Crippen LogP contribution in [-0.4, -0.2) is 73.2 Å². The van der Waals surface area contributed by atoms with Crippen LogP contribution in [0.2, 0.25) is 0 Å². The smallest absolute Gasteiger partial charge is 0.242 e. The molecule has 1 fully saturated rings. The van der Waals surface area contributed by atoms with Gasteiger partial charge in [0.1, 0.15) is 5.75 Å². The molecule has 1 aliphatic heterocycles. The highest BCUT2D eigenvalue weighted by atomic mass is 16.5. The van der Waals surface area contributed by atoms with Crippen LogP contribution in [0.3, 0.4) is 0 Å². The SMILES string of the molecule is C=CN=C(C)/C=C(\C)N1CCN(C(=O)CN(C)/C(=C\C(=C)c2ccc(OC)c(C)c2)C(C)C)CC1. The molecule has 0 spiro atoms. The normalized spacial score (nSPS) is 15.4. The van der Waals surface area contributed by atoms with Crippen LogP contribution in [0.15, 0.2) is 66.1 Å². The van der Waals surface area contributed by atoms with Crippen LogP contribution in [0.25, 0.3) is 5.57 Å². The molecular weight excluding hydrogens is 436 g/mol. The number of likely N-dealkylation sites (N-methyl/N-ethyl adjacent to an activating group) is 1. The molecule has 1 saturated heterocycles. The van der Waals surface area contributed by atoms with E-state index in [9.17, 15) is 4.79 Å². The Bertz CT molecular complexity index is 1010. The number of benzene rings is 1. The second kappa shape index (κ2) is 13.0. The van der Waals surface area contributed by atoms with Gasteiger partial charge in [-0.1, -0.05) is 33.1 Å². The first-order valence-electron chi connectivity index (χ1n) is 12.2. The first kappa shape index (κ1) is 28.0. The van der Waals surface area contributed by atoms with Crippen molar-refractivity contribution in [3.63, 3.8) is 0 Å². The molecule has 1 amide bonds. The van der Waals surface area contributed by atoms with Crippen molar-refractivity contribution in [1.82, 2.24) is 14.7 Å². The van der Waals surface area contributed by atoms with Crippen LogP contribution in [0.4, 0.5) is 0 Å². The zero-order chi connectivity index (χ0) is 26.1. The second-order valence-electron chi connectivity index (χ2n) is 9.40. The first-order valence-corrected chi connectivity index (χ1v) is 12.2. The third kappa shape index (κ3) is 7.88. The number of amides is 1. The van der Waals surface area contributed by atoms with E-state index in [0.29, 0.717) is 19.6 Å². The molecule has 35 heavy (non-hydrogen) atoms. The first-order chi connectivity index (χ1) is 16.6. The summed E-state index contributed by atoms with van der Waals surface area (Å²) < 4.78 is 5.37. The third-order valence-corrected chi connectivity index (χ3v) is 6.34. The van der Waals surface area contributed by atoms with Crippen molar-refractivity contribution in [2.75, 3.05) is 46.9 Å². The lowest BCUT2D eigenvalue weighted by molar-refractivity contribution is -0.133. The summed E-state index contributed by atoms with van der Waals surface area (Å²) in [5, 5.41) is 0. The quantitative estimate of drug-likeness (QED) is 0.345. The van der Waals surface area contributed by atoms with Gasteiger partial charge in [0, 0.05) is 56.5 Å². The van der Waals surface area contributed by atoms with E-state index in [4.69, 9.17) is 4.74 Å². The Morgan fingerprint density at radius 1 is 1.17 bits per heavy atom. The number of piperazine rings is 1. The number of aryl methyl sites for hydroxylation is 1. The van der Waals surface area contributed by atoms with Gasteiger partial charge in [-0.05, 0) is 67.7 Å². The Hall–Kier alpha value is -3.28. The van der Waals surface area contributed by atoms with Crippen molar-refractivity contribution < 1.29 is 9.53 Å². The number of carbonyl (C=O) groups excluding carboxylic acids is 1. The molecule has 0 atom stereocenters. The number of hydrogen-bond acceptors (Lipinski definition) is 5. The van der Waals surface area contributed by atoms with Gasteiger partial charge in [0.15, 0.2) is 0 Å². The average molecular weight is 479 g/mol. The molecule has 2 rings (SSSR count). The lowest BCUT2D eigenvalue weighted by Crippen LogP contribution is -2.50. The monoisotopic (exact) mass is 478 g/mol. The fourth-order valence-electron chi connectivity index (χ4n) is 4.34. The lowest BCUT2D eigenvalue weighted by Gasteiger charge is -2.37. The van der Waals surface area contributed by atoms with E-state index in [0.717, 1.165) is 52.6 Å².